The fraction of sp³-hybridized carbons (Fsp3) is 0.375. The first kappa shape index (κ1) is 17.1. The zero-order valence-electron chi connectivity index (χ0n) is 12.9. The van der Waals surface area contributed by atoms with E-state index in [0.717, 1.165) is 25.0 Å². The fourth-order valence-corrected chi connectivity index (χ4v) is 2.45. The largest absolute Gasteiger partial charge is 0.417 e. The first-order chi connectivity index (χ1) is 10.9. The zero-order chi connectivity index (χ0) is 17.0. The van der Waals surface area contributed by atoms with Gasteiger partial charge in [0.25, 0.3) is 5.91 Å². The minimum absolute atomic E-state index is 0.0816. The summed E-state index contributed by atoms with van der Waals surface area (Å²) in [7, 11) is 0. The lowest BCUT2D eigenvalue weighted by atomic mass is 10.1. The number of aromatic nitrogens is 2. The minimum atomic E-state index is -4.58. The van der Waals surface area contributed by atoms with Gasteiger partial charge in [-0.1, -0.05) is 26.0 Å². The van der Waals surface area contributed by atoms with E-state index in [0.29, 0.717) is 5.82 Å². The van der Waals surface area contributed by atoms with Gasteiger partial charge < -0.3 is 5.32 Å². The third-order valence-corrected chi connectivity index (χ3v) is 3.68. The molecule has 2 aromatic rings. The van der Waals surface area contributed by atoms with Gasteiger partial charge in [-0.05, 0) is 25.0 Å². The molecule has 1 N–H and O–H groups in total. The Hall–Kier alpha value is -2.31. The summed E-state index contributed by atoms with van der Waals surface area (Å²) in [4.78, 5) is 12.3. The van der Waals surface area contributed by atoms with Crippen molar-refractivity contribution in [2.45, 2.75) is 38.9 Å². The van der Waals surface area contributed by atoms with Crippen LogP contribution in [0.25, 0.3) is 0 Å². The first-order valence-corrected chi connectivity index (χ1v) is 7.39. The number of carbonyl (C=O) groups excluding carboxylic acids is 1. The van der Waals surface area contributed by atoms with Crippen LogP contribution in [0.2, 0.25) is 0 Å². The number of rotatable bonds is 5. The van der Waals surface area contributed by atoms with Crippen LogP contribution in [0.1, 0.15) is 48.7 Å². The molecule has 0 spiro atoms. The summed E-state index contributed by atoms with van der Waals surface area (Å²) in [5.74, 6) is -0.411. The summed E-state index contributed by atoms with van der Waals surface area (Å²) in [6.45, 7) is 3.97. The van der Waals surface area contributed by atoms with Crippen molar-refractivity contribution in [2.24, 2.45) is 0 Å². The maximum atomic E-state index is 13.0. The van der Waals surface area contributed by atoms with Crippen molar-refractivity contribution in [3.05, 3.63) is 47.7 Å². The standard InChI is InChI=1S/C16H18F3N3O/c1-3-11(4-2)22-14(9-10-20-22)21-15(23)12-7-5-6-8-13(12)16(17,18)19/h5-11H,3-4H2,1-2H3,(H,21,23). The lowest BCUT2D eigenvalue weighted by Crippen LogP contribution is -2.21. The molecule has 1 aromatic carbocycles. The highest BCUT2D eigenvalue weighted by molar-refractivity contribution is 6.05. The average Bonchev–Trinajstić information content (AvgIpc) is 2.96. The van der Waals surface area contributed by atoms with Gasteiger partial charge in [-0.2, -0.15) is 18.3 Å². The van der Waals surface area contributed by atoms with Crippen LogP contribution in [0.15, 0.2) is 36.5 Å². The monoisotopic (exact) mass is 325 g/mol. The summed E-state index contributed by atoms with van der Waals surface area (Å²) in [6.07, 6.45) is -1.45. The number of amides is 1. The quantitative estimate of drug-likeness (QED) is 0.879. The van der Waals surface area contributed by atoms with Gasteiger partial charge in [0.05, 0.1) is 23.4 Å². The predicted molar refractivity (Wildman–Crippen MR) is 81.2 cm³/mol. The van der Waals surface area contributed by atoms with Gasteiger partial charge in [-0.25, -0.2) is 4.68 Å². The number of hydrogen-bond donors (Lipinski definition) is 1. The van der Waals surface area contributed by atoms with Crippen molar-refractivity contribution < 1.29 is 18.0 Å². The minimum Gasteiger partial charge on any atom is -0.307 e. The Morgan fingerprint density at radius 2 is 1.87 bits per heavy atom. The van der Waals surface area contributed by atoms with E-state index in [1.165, 1.54) is 18.3 Å². The molecule has 7 heteroatoms. The summed E-state index contributed by atoms with van der Waals surface area (Å²) in [5, 5.41) is 6.69. The molecule has 0 atom stereocenters. The molecule has 0 fully saturated rings. The van der Waals surface area contributed by atoms with E-state index in [1.54, 1.807) is 10.7 Å². The van der Waals surface area contributed by atoms with Crippen LogP contribution in [0.3, 0.4) is 0 Å². The Bertz CT molecular complexity index is 675. The van der Waals surface area contributed by atoms with Crippen LogP contribution < -0.4 is 5.32 Å². The summed E-state index contributed by atoms with van der Waals surface area (Å²) in [5.41, 5.74) is -1.36. The Labute approximate surface area is 132 Å². The van der Waals surface area contributed by atoms with Crippen LogP contribution in [0.5, 0.6) is 0 Å². The summed E-state index contributed by atoms with van der Waals surface area (Å²) < 4.78 is 40.7. The highest BCUT2D eigenvalue weighted by Gasteiger charge is 2.35. The average molecular weight is 325 g/mol. The second-order valence-corrected chi connectivity index (χ2v) is 5.13. The maximum Gasteiger partial charge on any atom is 0.417 e. The van der Waals surface area contributed by atoms with E-state index in [9.17, 15) is 18.0 Å². The Morgan fingerprint density at radius 1 is 1.22 bits per heavy atom. The number of benzene rings is 1. The van der Waals surface area contributed by atoms with Crippen molar-refractivity contribution >= 4 is 11.7 Å². The van der Waals surface area contributed by atoms with Crippen molar-refractivity contribution in [1.82, 2.24) is 9.78 Å². The van der Waals surface area contributed by atoms with Gasteiger partial charge in [0.1, 0.15) is 5.82 Å². The molecule has 1 heterocycles. The smallest absolute Gasteiger partial charge is 0.307 e. The molecular formula is C16H18F3N3O. The number of carbonyl (C=O) groups is 1. The Morgan fingerprint density at radius 3 is 2.48 bits per heavy atom. The number of nitrogens with zero attached hydrogens (tertiary/aromatic N) is 2. The van der Waals surface area contributed by atoms with Gasteiger partial charge in [-0.15, -0.1) is 0 Å². The van der Waals surface area contributed by atoms with Crippen molar-refractivity contribution in [3.8, 4) is 0 Å². The van der Waals surface area contributed by atoms with E-state index >= 15 is 0 Å². The zero-order valence-corrected chi connectivity index (χ0v) is 12.9. The predicted octanol–water partition coefficient (Wildman–Crippen LogP) is 4.52. The molecule has 2 rings (SSSR count). The summed E-state index contributed by atoms with van der Waals surface area (Å²) in [6, 6.07) is 6.38. The number of anilines is 1. The topological polar surface area (TPSA) is 46.9 Å². The lowest BCUT2D eigenvalue weighted by Gasteiger charge is -2.18. The van der Waals surface area contributed by atoms with Gasteiger partial charge in [0.2, 0.25) is 0 Å². The van der Waals surface area contributed by atoms with Crippen LogP contribution in [0.4, 0.5) is 19.0 Å². The van der Waals surface area contributed by atoms with Crippen LogP contribution >= 0.6 is 0 Å². The Kier molecular flexibility index (Phi) is 5.08. The molecule has 0 radical (unpaired) electrons. The first-order valence-electron chi connectivity index (χ1n) is 7.39. The van der Waals surface area contributed by atoms with Crippen LogP contribution in [0, 0.1) is 0 Å². The van der Waals surface area contributed by atoms with Crippen molar-refractivity contribution in [3.63, 3.8) is 0 Å². The third-order valence-electron chi connectivity index (χ3n) is 3.68. The maximum absolute atomic E-state index is 13.0. The van der Waals surface area contributed by atoms with E-state index in [4.69, 9.17) is 0 Å². The second-order valence-electron chi connectivity index (χ2n) is 5.13. The number of hydrogen-bond acceptors (Lipinski definition) is 2. The van der Waals surface area contributed by atoms with Gasteiger partial charge in [0, 0.05) is 6.07 Å². The van der Waals surface area contributed by atoms with Crippen LogP contribution in [-0.2, 0) is 6.18 Å². The molecular weight excluding hydrogens is 307 g/mol. The molecule has 0 bridgehead atoms. The lowest BCUT2D eigenvalue weighted by molar-refractivity contribution is -0.137. The molecule has 0 aliphatic rings. The molecule has 124 valence electrons. The number of nitrogens with one attached hydrogen (secondary N) is 1. The SMILES string of the molecule is CCC(CC)n1nccc1NC(=O)c1ccccc1C(F)(F)F. The highest BCUT2D eigenvalue weighted by atomic mass is 19.4. The molecule has 0 aliphatic heterocycles. The summed E-state index contributed by atoms with van der Waals surface area (Å²) >= 11 is 0. The highest BCUT2D eigenvalue weighted by Crippen LogP contribution is 2.32. The molecule has 0 unspecified atom stereocenters. The van der Waals surface area contributed by atoms with Crippen LogP contribution in [-0.4, -0.2) is 15.7 Å². The van der Waals surface area contributed by atoms with Crippen molar-refractivity contribution in [2.75, 3.05) is 5.32 Å². The number of halogens is 3. The molecule has 4 nitrogen and oxygen atoms in total. The van der Waals surface area contributed by atoms with E-state index in [2.05, 4.69) is 10.4 Å². The van der Waals surface area contributed by atoms with E-state index in [1.807, 2.05) is 13.8 Å². The molecule has 23 heavy (non-hydrogen) atoms. The van der Waals surface area contributed by atoms with E-state index < -0.39 is 23.2 Å². The molecule has 1 aromatic heterocycles. The van der Waals surface area contributed by atoms with Gasteiger partial charge >= 0.3 is 6.18 Å². The number of alkyl halides is 3. The normalized spacial score (nSPS) is 11.7. The second kappa shape index (κ2) is 6.85. The third kappa shape index (κ3) is 3.72. The van der Waals surface area contributed by atoms with Gasteiger partial charge in [-0.3, -0.25) is 4.79 Å². The van der Waals surface area contributed by atoms with E-state index in [-0.39, 0.29) is 6.04 Å². The Balaban J connectivity index is 2.30. The fourth-order valence-electron chi connectivity index (χ4n) is 2.45. The molecule has 1 amide bonds. The van der Waals surface area contributed by atoms with Crippen molar-refractivity contribution in [1.29, 1.82) is 0 Å². The molecule has 0 saturated heterocycles. The molecule has 0 aliphatic carbocycles. The van der Waals surface area contributed by atoms with Gasteiger partial charge in [0.15, 0.2) is 0 Å². The molecule has 0 saturated carbocycles.